The molecule has 0 unspecified atom stereocenters. The van der Waals surface area contributed by atoms with Crippen LogP contribution in [0.3, 0.4) is 0 Å². The van der Waals surface area contributed by atoms with E-state index in [-0.39, 0.29) is 0 Å². The number of rotatable bonds is 3. The summed E-state index contributed by atoms with van der Waals surface area (Å²) in [5.74, 6) is 0. The molecule has 0 aliphatic heterocycles. The fraction of sp³-hybridized carbons (Fsp3) is 0.143. The smallest absolute Gasteiger partial charge is 0.0231 e. The van der Waals surface area contributed by atoms with Gasteiger partial charge in [-0.25, -0.2) is 0 Å². The van der Waals surface area contributed by atoms with Crippen LogP contribution in [-0.4, -0.2) is 0 Å². The lowest BCUT2D eigenvalue weighted by Crippen LogP contribution is -1.76. The third-order valence-corrected chi connectivity index (χ3v) is 4.26. The zero-order chi connectivity index (χ0) is 20.8. The third kappa shape index (κ3) is 8.51. The highest BCUT2D eigenvalue weighted by Crippen LogP contribution is 2.08. The van der Waals surface area contributed by atoms with Crippen molar-refractivity contribution < 1.29 is 0 Å². The molecular formula is C28H32. The molecule has 3 aromatic rings. The van der Waals surface area contributed by atoms with Crippen molar-refractivity contribution in [2.24, 2.45) is 0 Å². The number of hydrogen-bond donors (Lipinski definition) is 0. The molecular weight excluding hydrogens is 336 g/mol. The van der Waals surface area contributed by atoms with E-state index in [0.717, 1.165) is 0 Å². The zero-order valence-electron chi connectivity index (χ0n) is 17.7. The summed E-state index contributed by atoms with van der Waals surface area (Å²) in [5.41, 5.74) is 7.62. The van der Waals surface area contributed by atoms with E-state index in [1.54, 1.807) is 0 Å². The van der Waals surface area contributed by atoms with E-state index in [9.17, 15) is 0 Å². The lowest BCUT2D eigenvalue weighted by atomic mass is 10.1. The van der Waals surface area contributed by atoms with Crippen LogP contribution in [0.15, 0.2) is 92.0 Å². The summed E-state index contributed by atoms with van der Waals surface area (Å²) < 4.78 is 0. The molecule has 0 N–H and O–H groups in total. The second kappa shape index (κ2) is 13.1. The Balaban J connectivity index is 0.000000210. The predicted octanol–water partition coefficient (Wildman–Crippen LogP) is 8.30. The van der Waals surface area contributed by atoms with Crippen LogP contribution in [0.4, 0.5) is 0 Å². The third-order valence-electron chi connectivity index (χ3n) is 4.26. The van der Waals surface area contributed by atoms with Crippen LogP contribution in [0, 0.1) is 20.8 Å². The predicted molar refractivity (Wildman–Crippen MR) is 128 cm³/mol. The summed E-state index contributed by atoms with van der Waals surface area (Å²) in [6.45, 7) is 15.7. The first kappa shape index (κ1) is 22.9. The summed E-state index contributed by atoms with van der Waals surface area (Å²) in [4.78, 5) is 0. The van der Waals surface area contributed by atoms with Gasteiger partial charge in [0.15, 0.2) is 0 Å². The second-order valence-electron chi connectivity index (χ2n) is 6.53. The van der Waals surface area contributed by atoms with Crippen molar-refractivity contribution in [2.75, 3.05) is 0 Å². The Hall–Kier alpha value is -3.12. The normalized spacial score (nSPS) is 9.57. The largest absolute Gasteiger partial charge is 0.0985 e. The summed E-state index contributed by atoms with van der Waals surface area (Å²) in [6, 6.07) is 24.8. The van der Waals surface area contributed by atoms with Gasteiger partial charge in [-0.15, -0.1) is 0 Å². The maximum Gasteiger partial charge on any atom is -0.0231 e. The van der Waals surface area contributed by atoms with Crippen LogP contribution in [-0.2, 0) is 0 Å². The minimum absolute atomic E-state index is 1.18. The Morgan fingerprint density at radius 2 is 1.11 bits per heavy atom. The molecule has 0 nitrogen and oxygen atoms in total. The Morgan fingerprint density at radius 1 is 0.607 bits per heavy atom. The van der Waals surface area contributed by atoms with Gasteiger partial charge in [-0.3, -0.25) is 0 Å². The van der Waals surface area contributed by atoms with E-state index in [0.29, 0.717) is 0 Å². The molecule has 0 amide bonds. The summed E-state index contributed by atoms with van der Waals surface area (Å²) >= 11 is 0. The van der Waals surface area contributed by atoms with Gasteiger partial charge >= 0.3 is 0 Å². The van der Waals surface area contributed by atoms with Crippen LogP contribution < -0.4 is 0 Å². The lowest BCUT2D eigenvalue weighted by molar-refractivity contribution is 1.44. The van der Waals surface area contributed by atoms with E-state index in [2.05, 4.69) is 107 Å². The second-order valence-corrected chi connectivity index (χ2v) is 6.53. The minimum atomic E-state index is 1.18. The van der Waals surface area contributed by atoms with Crippen molar-refractivity contribution in [1.29, 1.82) is 0 Å². The highest BCUT2D eigenvalue weighted by Gasteiger charge is 1.88. The fourth-order valence-corrected chi connectivity index (χ4v) is 2.47. The van der Waals surface area contributed by atoms with Crippen LogP contribution in [0.25, 0.3) is 18.2 Å². The highest BCUT2D eigenvalue weighted by molar-refractivity contribution is 5.53. The lowest BCUT2D eigenvalue weighted by Gasteiger charge is -1.96. The van der Waals surface area contributed by atoms with E-state index >= 15 is 0 Å². The first-order valence-corrected chi connectivity index (χ1v) is 9.57. The average Bonchev–Trinajstić information content (AvgIpc) is 2.72. The van der Waals surface area contributed by atoms with Crippen LogP contribution in [0.1, 0.15) is 40.3 Å². The topological polar surface area (TPSA) is 0 Å². The van der Waals surface area contributed by atoms with Crippen LogP contribution in [0.5, 0.6) is 0 Å². The van der Waals surface area contributed by atoms with Crippen molar-refractivity contribution in [1.82, 2.24) is 0 Å². The van der Waals surface area contributed by atoms with Gasteiger partial charge < -0.3 is 0 Å². The monoisotopic (exact) mass is 368 g/mol. The number of aryl methyl sites for hydroxylation is 3. The fourth-order valence-electron chi connectivity index (χ4n) is 2.47. The molecule has 3 rings (SSSR count). The molecule has 0 spiro atoms. The molecule has 0 atom stereocenters. The molecule has 0 aromatic heterocycles. The molecule has 0 fully saturated rings. The maximum atomic E-state index is 3.69. The molecule has 28 heavy (non-hydrogen) atoms. The minimum Gasteiger partial charge on any atom is -0.0985 e. The average molecular weight is 369 g/mol. The van der Waals surface area contributed by atoms with E-state index in [4.69, 9.17) is 0 Å². The van der Waals surface area contributed by atoms with E-state index in [1.165, 1.54) is 33.4 Å². The zero-order valence-corrected chi connectivity index (χ0v) is 17.7. The molecule has 0 heteroatoms. The van der Waals surface area contributed by atoms with Gasteiger partial charge in [0.2, 0.25) is 0 Å². The van der Waals surface area contributed by atoms with Gasteiger partial charge in [0, 0.05) is 0 Å². The molecule has 0 aliphatic rings. The molecule has 0 saturated heterocycles. The standard InChI is InChI=1S/C10H12.2C9H10/c1-3-6-10-8-5-4-7-9(10)2;1-3-9-6-4-8(2)5-7-9;1-3-9-7-5-4-6-8(9)2/h3-8H,1-2H3;2*3-7H,1H2,2H3. The van der Waals surface area contributed by atoms with E-state index < -0.39 is 0 Å². The van der Waals surface area contributed by atoms with Gasteiger partial charge in [-0.1, -0.05) is 116 Å². The first-order valence-electron chi connectivity index (χ1n) is 9.57. The SMILES string of the molecule is C=Cc1ccc(C)cc1.C=Cc1ccccc1C.CC=Cc1ccccc1C. The van der Waals surface area contributed by atoms with Crippen molar-refractivity contribution in [3.8, 4) is 0 Å². The van der Waals surface area contributed by atoms with Crippen LogP contribution >= 0.6 is 0 Å². The number of hydrogen-bond acceptors (Lipinski definition) is 0. The first-order chi connectivity index (χ1) is 13.5. The van der Waals surface area contributed by atoms with Gasteiger partial charge in [-0.2, -0.15) is 0 Å². The van der Waals surface area contributed by atoms with Crippen molar-refractivity contribution in [3.63, 3.8) is 0 Å². The molecule has 0 heterocycles. The van der Waals surface area contributed by atoms with Crippen LogP contribution in [0.2, 0.25) is 0 Å². The Kier molecular flexibility index (Phi) is 10.7. The van der Waals surface area contributed by atoms with Gasteiger partial charge in [0.05, 0.1) is 0 Å². The molecule has 0 saturated carbocycles. The summed E-state index contributed by atoms with van der Waals surface area (Å²) in [6.07, 6.45) is 7.90. The number of allylic oxidation sites excluding steroid dienone is 1. The summed E-state index contributed by atoms with van der Waals surface area (Å²) in [5, 5.41) is 0. The van der Waals surface area contributed by atoms with Gasteiger partial charge in [-0.05, 0) is 55.5 Å². The molecule has 144 valence electrons. The van der Waals surface area contributed by atoms with Crippen molar-refractivity contribution in [3.05, 3.63) is 125 Å². The van der Waals surface area contributed by atoms with Crippen molar-refractivity contribution in [2.45, 2.75) is 27.7 Å². The van der Waals surface area contributed by atoms with Gasteiger partial charge in [0.1, 0.15) is 0 Å². The Morgan fingerprint density at radius 3 is 1.50 bits per heavy atom. The molecule has 0 aliphatic carbocycles. The molecule has 0 radical (unpaired) electrons. The number of benzene rings is 3. The Bertz CT molecular complexity index is 880. The van der Waals surface area contributed by atoms with Gasteiger partial charge in [0.25, 0.3) is 0 Å². The molecule has 3 aromatic carbocycles. The molecule has 0 bridgehead atoms. The quantitative estimate of drug-likeness (QED) is 0.436. The van der Waals surface area contributed by atoms with E-state index in [1.807, 2.05) is 31.2 Å². The maximum absolute atomic E-state index is 3.69. The Labute approximate surface area is 171 Å². The highest BCUT2D eigenvalue weighted by atomic mass is 13.9. The summed E-state index contributed by atoms with van der Waals surface area (Å²) in [7, 11) is 0. The van der Waals surface area contributed by atoms with Crippen molar-refractivity contribution >= 4 is 18.2 Å².